The van der Waals surface area contributed by atoms with Gasteiger partial charge in [-0.15, -0.1) is 12.6 Å². The summed E-state index contributed by atoms with van der Waals surface area (Å²) in [7, 11) is 0. The molecule has 1 atom stereocenters. The van der Waals surface area contributed by atoms with E-state index < -0.39 is 17.1 Å². The van der Waals surface area contributed by atoms with Gasteiger partial charge in [0.1, 0.15) is 0 Å². The van der Waals surface area contributed by atoms with Gasteiger partial charge in [0, 0.05) is 13.3 Å². The number of carbonyl (C=O) groups excluding carboxylic acids is 3. The maximum absolute atomic E-state index is 10.8. The summed E-state index contributed by atoms with van der Waals surface area (Å²) >= 11 is 3.56. The van der Waals surface area contributed by atoms with Crippen LogP contribution in [0, 0.1) is 0 Å². The van der Waals surface area contributed by atoms with Crippen LogP contribution in [0.25, 0.3) is 0 Å². The van der Waals surface area contributed by atoms with Gasteiger partial charge in [-0.05, 0) is 6.42 Å². The van der Waals surface area contributed by atoms with E-state index in [0.717, 1.165) is 0 Å². The molecule has 0 saturated carbocycles. The van der Waals surface area contributed by atoms with E-state index in [9.17, 15) is 14.4 Å². The van der Waals surface area contributed by atoms with Gasteiger partial charge in [-0.1, -0.05) is 0 Å². The first kappa shape index (κ1) is 12.0. The Labute approximate surface area is 81.5 Å². The number of hydrogen-bond donors (Lipinski definition) is 3. The van der Waals surface area contributed by atoms with Crippen molar-refractivity contribution in [2.24, 2.45) is 5.73 Å². The van der Waals surface area contributed by atoms with Gasteiger partial charge in [0.05, 0.1) is 6.04 Å². The van der Waals surface area contributed by atoms with Gasteiger partial charge in [0.25, 0.3) is 0 Å². The van der Waals surface area contributed by atoms with Crippen molar-refractivity contribution in [3.05, 3.63) is 0 Å². The Morgan fingerprint density at radius 2 is 2.00 bits per heavy atom. The predicted molar refractivity (Wildman–Crippen MR) is 50.0 cm³/mol. The summed E-state index contributed by atoms with van der Waals surface area (Å²) in [6.45, 7) is 1.29. The van der Waals surface area contributed by atoms with E-state index >= 15 is 0 Å². The van der Waals surface area contributed by atoms with Gasteiger partial charge < -0.3 is 11.1 Å². The normalized spacial score (nSPS) is 11.8. The Morgan fingerprint density at radius 1 is 1.46 bits per heavy atom. The lowest BCUT2D eigenvalue weighted by Crippen LogP contribution is -2.38. The SMILES string of the molecule is CC(=O)NC(CCC(N)=O)C(=O)S. The molecule has 0 radical (unpaired) electrons. The highest BCUT2D eigenvalue weighted by molar-refractivity contribution is 7.96. The van der Waals surface area contributed by atoms with Gasteiger partial charge in [-0.25, -0.2) is 0 Å². The van der Waals surface area contributed by atoms with Crippen LogP contribution in [0.2, 0.25) is 0 Å². The minimum atomic E-state index is -0.728. The van der Waals surface area contributed by atoms with Crippen LogP contribution in [-0.2, 0) is 14.4 Å². The fraction of sp³-hybridized carbons (Fsp3) is 0.571. The van der Waals surface area contributed by atoms with Crippen LogP contribution in [0.3, 0.4) is 0 Å². The lowest BCUT2D eigenvalue weighted by Gasteiger charge is -2.12. The Morgan fingerprint density at radius 3 is 2.31 bits per heavy atom. The van der Waals surface area contributed by atoms with E-state index in [4.69, 9.17) is 5.73 Å². The predicted octanol–water partition coefficient (Wildman–Crippen LogP) is -0.787. The third-order valence-electron chi connectivity index (χ3n) is 1.36. The zero-order chi connectivity index (χ0) is 10.4. The van der Waals surface area contributed by atoms with E-state index in [0.29, 0.717) is 0 Å². The number of nitrogens with two attached hydrogens (primary N) is 1. The van der Waals surface area contributed by atoms with Crippen LogP contribution in [0.5, 0.6) is 0 Å². The lowest BCUT2D eigenvalue weighted by atomic mass is 10.1. The molecule has 0 rings (SSSR count). The number of rotatable bonds is 5. The average Bonchev–Trinajstić information content (AvgIpc) is 1.96. The van der Waals surface area contributed by atoms with Gasteiger partial charge in [-0.3, -0.25) is 14.4 Å². The van der Waals surface area contributed by atoms with Crippen molar-refractivity contribution in [3.8, 4) is 0 Å². The average molecular weight is 204 g/mol. The zero-order valence-electron chi connectivity index (χ0n) is 7.24. The Hall–Kier alpha value is -1.04. The first-order chi connectivity index (χ1) is 5.93. The van der Waals surface area contributed by atoms with Crippen molar-refractivity contribution in [2.75, 3.05) is 0 Å². The first-order valence-corrected chi connectivity index (χ1v) is 4.16. The van der Waals surface area contributed by atoms with Crippen LogP contribution >= 0.6 is 12.6 Å². The summed E-state index contributed by atoms with van der Waals surface area (Å²) in [5.74, 6) is -0.846. The molecule has 0 heterocycles. The topological polar surface area (TPSA) is 89.3 Å². The molecule has 0 bridgehead atoms. The second kappa shape index (κ2) is 5.58. The van der Waals surface area contributed by atoms with Crippen LogP contribution in [-0.4, -0.2) is 23.0 Å². The number of carbonyl (C=O) groups is 3. The van der Waals surface area contributed by atoms with Crippen molar-refractivity contribution < 1.29 is 14.4 Å². The Kier molecular flexibility index (Phi) is 5.13. The summed E-state index contributed by atoms with van der Waals surface area (Å²) in [6.07, 6.45) is 0.245. The van der Waals surface area contributed by atoms with Crippen molar-refractivity contribution in [2.45, 2.75) is 25.8 Å². The number of amides is 2. The molecule has 3 N–H and O–H groups in total. The van der Waals surface area contributed by atoms with Crippen LogP contribution in [0.4, 0.5) is 0 Å². The summed E-state index contributed by atoms with van der Waals surface area (Å²) in [6, 6.07) is -0.728. The molecule has 0 saturated heterocycles. The third-order valence-corrected chi connectivity index (χ3v) is 1.67. The van der Waals surface area contributed by atoms with E-state index in [1.165, 1.54) is 6.92 Å². The monoisotopic (exact) mass is 204 g/mol. The van der Waals surface area contributed by atoms with E-state index in [2.05, 4.69) is 17.9 Å². The van der Waals surface area contributed by atoms with E-state index in [1.54, 1.807) is 0 Å². The fourth-order valence-corrected chi connectivity index (χ4v) is 0.983. The smallest absolute Gasteiger partial charge is 0.217 e. The van der Waals surface area contributed by atoms with Gasteiger partial charge in [0.2, 0.25) is 16.9 Å². The molecule has 0 aromatic heterocycles. The van der Waals surface area contributed by atoms with E-state index in [-0.39, 0.29) is 18.7 Å². The van der Waals surface area contributed by atoms with Crippen LogP contribution in [0.1, 0.15) is 19.8 Å². The van der Waals surface area contributed by atoms with Crippen molar-refractivity contribution in [3.63, 3.8) is 0 Å². The molecule has 0 aromatic rings. The molecule has 0 aromatic carbocycles. The number of hydrogen-bond acceptors (Lipinski definition) is 3. The zero-order valence-corrected chi connectivity index (χ0v) is 8.14. The summed E-state index contributed by atoms with van der Waals surface area (Å²) in [5, 5.41) is 1.89. The molecular formula is C7H12N2O3S. The highest BCUT2D eigenvalue weighted by atomic mass is 32.1. The van der Waals surface area contributed by atoms with Gasteiger partial charge in [-0.2, -0.15) is 0 Å². The minimum absolute atomic E-state index is 0.0528. The van der Waals surface area contributed by atoms with Gasteiger partial charge >= 0.3 is 0 Å². The largest absolute Gasteiger partial charge is 0.370 e. The second-order valence-corrected chi connectivity index (χ2v) is 3.04. The number of nitrogens with one attached hydrogen (secondary N) is 1. The van der Waals surface area contributed by atoms with Crippen molar-refractivity contribution in [1.82, 2.24) is 5.32 Å². The summed E-state index contributed by atoms with van der Waals surface area (Å²) in [4.78, 5) is 31.8. The lowest BCUT2D eigenvalue weighted by molar-refractivity contribution is -0.124. The molecule has 0 aliphatic carbocycles. The molecule has 1 unspecified atom stereocenters. The van der Waals surface area contributed by atoms with Crippen LogP contribution < -0.4 is 11.1 Å². The molecule has 2 amide bonds. The first-order valence-electron chi connectivity index (χ1n) is 3.71. The van der Waals surface area contributed by atoms with Crippen molar-refractivity contribution >= 4 is 29.6 Å². The fourth-order valence-electron chi connectivity index (χ4n) is 0.789. The molecule has 0 aliphatic heterocycles. The molecule has 0 aliphatic rings. The quantitative estimate of drug-likeness (QED) is 0.513. The molecule has 5 nitrogen and oxygen atoms in total. The van der Waals surface area contributed by atoms with E-state index in [1.807, 2.05) is 0 Å². The maximum Gasteiger partial charge on any atom is 0.217 e. The highest BCUT2D eigenvalue weighted by Gasteiger charge is 2.16. The maximum atomic E-state index is 10.8. The molecule has 0 spiro atoms. The Balaban J connectivity index is 4.02. The molecule has 74 valence electrons. The molecular weight excluding hydrogens is 192 g/mol. The summed E-state index contributed by atoms with van der Waals surface area (Å²) < 4.78 is 0. The third kappa shape index (κ3) is 6.15. The van der Waals surface area contributed by atoms with Crippen molar-refractivity contribution in [1.29, 1.82) is 0 Å². The number of primary amides is 1. The number of thiol groups is 1. The summed E-state index contributed by atoms with van der Waals surface area (Å²) in [5.41, 5.74) is 4.88. The van der Waals surface area contributed by atoms with Crippen LogP contribution in [0.15, 0.2) is 0 Å². The second-order valence-electron chi connectivity index (χ2n) is 2.60. The Bertz CT molecular complexity index is 230. The molecule has 13 heavy (non-hydrogen) atoms. The molecule has 0 fully saturated rings. The van der Waals surface area contributed by atoms with Gasteiger partial charge in [0.15, 0.2) is 0 Å². The highest BCUT2D eigenvalue weighted by Crippen LogP contribution is 2.00. The minimum Gasteiger partial charge on any atom is -0.370 e. The standard InChI is InChI=1S/C7H12N2O3S/c1-4(10)9-5(7(12)13)2-3-6(8)11/h5H,2-3H2,1H3,(H2,8,11)(H,9,10)(H,12,13). The molecule has 6 heteroatoms.